The zero-order valence-corrected chi connectivity index (χ0v) is 18.6. The van der Waals surface area contributed by atoms with Crippen LogP contribution in [0.1, 0.15) is 11.1 Å². The van der Waals surface area contributed by atoms with Crippen LogP contribution >= 0.6 is 39.3 Å². The van der Waals surface area contributed by atoms with Crippen molar-refractivity contribution >= 4 is 39.3 Å². The second kappa shape index (κ2) is 9.35. The molecule has 3 aromatic rings. The number of aromatic amines is 1. The van der Waals surface area contributed by atoms with Crippen LogP contribution < -0.4 is 15.0 Å². The van der Waals surface area contributed by atoms with Crippen LogP contribution in [-0.2, 0) is 6.61 Å². The molecular weight excluding hydrogens is 478 g/mol. The molecule has 148 valence electrons. The molecule has 0 fully saturated rings. The molecule has 0 spiro atoms. The molecular formula is C20H15BrClN3O3S. The first-order valence-corrected chi connectivity index (χ1v) is 10.7. The van der Waals surface area contributed by atoms with E-state index in [1.165, 1.54) is 18.9 Å². The van der Waals surface area contributed by atoms with Crippen molar-refractivity contribution in [2.24, 2.45) is 0 Å². The number of methoxy groups -OCH3 is 1. The van der Waals surface area contributed by atoms with Gasteiger partial charge >= 0.3 is 0 Å². The Labute approximate surface area is 185 Å². The number of thioether (sulfide) groups is 1. The normalized spacial score (nSPS) is 10.4. The second-order valence-corrected chi connectivity index (χ2v) is 7.84. The van der Waals surface area contributed by atoms with Crippen molar-refractivity contribution in [3.05, 3.63) is 67.4 Å². The van der Waals surface area contributed by atoms with Crippen molar-refractivity contribution in [2.75, 3.05) is 13.4 Å². The number of nitrogens with zero attached hydrogens (tertiary/aromatic N) is 2. The van der Waals surface area contributed by atoms with E-state index in [-0.39, 0.29) is 17.9 Å². The highest BCUT2D eigenvalue weighted by Gasteiger charge is 2.18. The van der Waals surface area contributed by atoms with E-state index in [1.54, 1.807) is 24.5 Å². The van der Waals surface area contributed by atoms with Gasteiger partial charge in [0.15, 0.2) is 16.7 Å². The van der Waals surface area contributed by atoms with Gasteiger partial charge in [-0.05, 0) is 40.4 Å². The zero-order valence-electron chi connectivity index (χ0n) is 15.5. The summed E-state index contributed by atoms with van der Waals surface area (Å²) in [5.41, 5.74) is 1.10. The number of H-pyrrole nitrogens is 1. The Kier molecular flexibility index (Phi) is 6.85. The Morgan fingerprint density at radius 2 is 2.10 bits per heavy atom. The number of halogens is 2. The highest BCUT2D eigenvalue weighted by Crippen LogP contribution is 2.40. The molecule has 1 aromatic heterocycles. The Morgan fingerprint density at radius 1 is 1.34 bits per heavy atom. The molecule has 1 N–H and O–H groups in total. The average molecular weight is 493 g/mol. The topological polar surface area (TPSA) is 88.0 Å². The number of benzene rings is 2. The van der Waals surface area contributed by atoms with Gasteiger partial charge in [0.2, 0.25) is 0 Å². The van der Waals surface area contributed by atoms with E-state index in [1.807, 2.05) is 24.3 Å². The van der Waals surface area contributed by atoms with Crippen LogP contribution in [0.3, 0.4) is 0 Å². The van der Waals surface area contributed by atoms with E-state index < -0.39 is 5.56 Å². The standard InChI is InChI=1S/C20H15BrClN3O3S/c1-27-16-8-12(17-13(9-23)19(26)25-20(24-17)29-2)7-14(21)18(16)28-10-11-5-3-4-6-15(11)22/h3-8H,10H2,1-2H3,(H,24,25,26). The van der Waals surface area contributed by atoms with E-state index in [2.05, 4.69) is 25.9 Å². The van der Waals surface area contributed by atoms with Gasteiger partial charge in [-0.1, -0.05) is 41.6 Å². The van der Waals surface area contributed by atoms with Crippen LogP contribution in [0.5, 0.6) is 11.5 Å². The summed E-state index contributed by atoms with van der Waals surface area (Å²) in [7, 11) is 1.51. The summed E-state index contributed by atoms with van der Waals surface area (Å²) in [5.74, 6) is 0.905. The lowest BCUT2D eigenvalue weighted by Gasteiger charge is -2.15. The van der Waals surface area contributed by atoms with E-state index in [9.17, 15) is 10.1 Å². The van der Waals surface area contributed by atoms with E-state index >= 15 is 0 Å². The molecule has 3 rings (SSSR count). The maximum Gasteiger partial charge on any atom is 0.270 e. The summed E-state index contributed by atoms with van der Waals surface area (Å²) >= 11 is 11.0. The van der Waals surface area contributed by atoms with Crippen molar-refractivity contribution in [3.8, 4) is 28.8 Å². The zero-order chi connectivity index (χ0) is 21.0. The lowest BCUT2D eigenvalue weighted by atomic mass is 10.1. The predicted molar refractivity (Wildman–Crippen MR) is 117 cm³/mol. The SMILES string of the molecule is COc1cc(-c2nc(SC)[nH]c(=O)c2C#N)cc(Br)c1OCc1ccccc1Cl. The minimum Gasteiger partial charge on any atom is -0.493 e. The van der Waals surface area contributed by atoms with Crippen LogP contribution in [0.15, 0.2) is 50.8 Å². The molecule has 0 saturated carbocycles. The fourth-order valence-corrected chi connectivity index (χ4v) is 3.75. The third kappa shape index (κ3) is 4.58. The molecule has 0 saturated heterocycles. The van der Waals surface area contributed by atoms with Crippen molar-refractivity contribution in [2.45, 2.75) is 11.8 Å². The first kappa shape index (κ1) is 21.2. The van der Waals surface area contributed by atoms with Crippen LogP contribution in [0, 0.1) is 11.3 Å². The molecule has 0 amide bonds. The summed E-state index contributed by atoms with van der Waals surface area (Å²) in [5, 5.41) is 10.4. The van der Waals surface area contributed by atoms with Crippen LogP contribution in [0.25, 0.3) is 11.3 Å². The number of nitrogens with one attached hydrogen (secondary N) is 1. The summed E-state index contributed by atoms with van der Waals surface area (Å²) in [6, 6.07) is 12.7. The Balaban J connectivity index is 2.04. The van der Waals surface area contributed by atoms with E-state index in [0.717, 1.165) is 5.56 Å². The van der Waals surface area contributed by atoms with Gasteiger partial charge in [0.25, 0.3) is 5.56 Å². The number of rotatable bonds is 6. The molecule has 1 heterocycles. The molecule has 0 radical (unpaired) electrons. The molecule has 2 aromatic carbocycles. The van der Waals surface area contributed by atoms with Crippen LogP contribution in [0.2, 0.25) is 5.02 Å². The van der Waals surface area contributed by atoms with E-state index in [4.69, 9.17) is 21.1 Å². The largest absolute Gasteiger partial charge is 0.493 e. The number of hydrogen-bond acceptors (Lipinski definition) is 6. The van der Waals surface area contributed by atoms with Gasteiger partial charge in [-0.2, -0.15) is 5.26 Å². The molecule has 29 heavy (non-hydrogen) atoms. The minimum absolute atomic E-state index is 0.0681. The molecule has 0 atom stereocenters. The average Bonchev–Trinajstić information content (AvgIpc) is 2.72. The van der Waals surface area contributed by atoms with Gasteiger partial charge in [-0.25, -0.2) is 4.98 Å². The smallest absolute Gasteiger partial charge is 0.270 e. The maximum atomic E-state index is 12.2. The summed E-state index contributed by atoms with van der Waals surface area (Å²) < 4.78 is 12.0. The Bertz CT molecular complexity index is 1160. The molecule has 0 aliphatic heterocycles. The lowest BCUT2D eigenvalue weighted by Crippen LogP contribution is -2.14. The highest BCUT2D eigenvalue weighted by molar-refractivity contribution is 9.10. The number of aromatic nitrogens is 2. The van der Waals surface area contributed by atoms with Crippen LogP contribution in [-0.4, -0.2) is 23.3 Å². The van der Waals surface area contributed by atoms with Gasteiger partial charge in [-0.3, -0.25) is 4.79 Å². The van der Waals surface area contributed by atoms with E-state index in [0.29, 0.717) is 31.7 Å². The number of nitriles is 1. The molecule has 9 heteroatoms. The highest BCUT2D eigenvalue weighted by atomic mass is 79.9. The maximum absolute atomic E-state index is 12.2. The van der Waals surface area contributed by atoms with Crippen molar-refractivity contribution in [1.82, 2.24) is 9.97 Å². The van der Waals surface area contributed by atoms with Crippen molar-refractivity contribution in [1.29, 1.82) is 5.26 Å². The monoisotopic (exact) mass is 491 g/mol. The summed E-state index contributed by atoms with van der Waals surface area (Å²) in [6.07, 6.45) is 1.79. The first-order valence-electron chi connectivity index (χ1n) is 8.31. The Hall–Kier alpha value is -2.47. The van der Waals surface area contributed by atoms with Crippen molar-refractivity contribution in [3.63, 3.8) is 0 Å². The third-order valence-electron chi connectivity index (χ3n) is 4.04. The Morgan fingerprint density at radius 3 is 2.76 bits per heavy atom. The minimum atomic E-state index is -0.490. The molecule has 0 aliphatic carbocycles. The van der Waals surface area contributed by atoms with Gasteiger partial charge in [-0.15, -0.1) is 0 Å². The molecule has 0 aliphatic rings. The lowest BCUT2D eigenvalue weighted by molar-refractivity contribution is 0.283. The quantitative estimate of drug-likeness (QED) is 0.383. The van der Waals surface area contributed by atoms with Crippen LogP contribution in [0.4, 0.5) is 0 Å². The first-order chi connectivity index (χ1) is 14.0. The van der Waals surface area contributed by atoms with Gasteiger partial charge in [0, 0.05) is 16.1 Å². The van der Waals surface area contributed by atoms with Crippen molar-refractivity contribution < 1.29 is 9.47 Å². The molecule has 0 unspecified atom stereocenters. The number of hydrogen-bond donors (Lipinski definition) is 1. The fraction of sp³-hybridized carbons (Fsp3) is 0.150. The van der Waals surface area contributed by atoms with Gasteiger partial charge in [0.05, 0.1) is 17.3 Å². The summed E-state index contributed by atoms with van der Waals surface area (Å²) in [4.78, 5) is 19.2. The number of ether oxygens (including phenoxy) is 2. The molecule has 0 bridgehead atoms. The molecule has 6 nitrogen and oxygen atoms in total. The second-order valence-electron chi connectivity index (χ2n) is 5.78. The summed E-state index contributed by atoms with van der Waals surface area (Å²) in [6.45, 7) is 0.247. The fourth-order valence-electron chi connectivity index (χ4n) is 2.62. The van der Waals surface area contributed by atoms with Gasteiger partial charge in [0.1, 0.15) is 18.2 Å². The third-order valence-corrected chi connectivity index (χ3v) is 5.57. The van der Waals surface area contributed by atoms with Gasteiger partial charge < -0.3 is 14.5 Å². The predicted octanol–water partition coefficient (Wildman–Crippen LogP) is 5.03.